The fraction of sp³-hybridized carbons (Fsp3) is 0.300. The zero-order valence-corrected chi connectivity index (χ0v) is 8.49. The number of carbonyl (C=O) groups excluding carboxylic acids is 1. The molecule has 0 saturated carbocycles. The maximum absolute atomic E-state index is 10.6. The van der Waals surface area contributed by atoms with Gasteiger partial charge in [0, 0.05) is 12.5 Å². The molecule has 0 bridgehead atoms. The van der Waals surface area contributed by atoms with Crippen LogP contribution in [-0.2, 0) is 9.53 Å². The van der Waals surface area contributed by atoms with Gasteiger partial charge < -0.3 is 4.74 Å². The lowest BCUT2D eigenvalue weighted by atomic mass is 10.3. The molecule has 0 aromatic carbocycles. The Bertz CT molecular complexity index is 229. The van der Waals surface area contributed by atoms with E-state index in [2.05, 4.69) is 0 Å². The lowest BCUT2D eigenvalue weighted by Gasteiger charge is -2.06. The van der Waals surface area contributed by atoms with Crippen LogP contribution in [0, 0.1) is 0 Å². The van der Waals surface area contributed by atoms with Gasteiger partial charge in [0.05, 0.1) is 0 Å². The van der Waals surface area contributed by atoms with Crippen LogP contribution in [0.5, 0.6) is 0 Å². The smallest absolute Gasteiger partial charge is 0.303 e. The minimum absolute atomic E-state index is 0.303. The second-order valence-electron chi connectivity index (χ2n) is 2.30. The summed E-state index contributed by atoms with van der Waals surface area (Å²) in [6.07, 6.45) is 8.40. The topological polar surface area (TPSA) is 26.3 Å². The summed E-state index contributed by atoms with van der Waals surface area (Å²) < 4.78 is 4.95. The third kappa shape index (κ3) is 7.34. The summed E-state index contributed by atoms with van der Waals surface area (Å²) in [6.45, 7) is 3.24. The lowest BCUT2D eigenvalue weighted by Crippen LogP contribution is -2.10. The summed E-state index contributed by atoms with van der Waals surface area (Å²) in [5.41, 5.74) is 1.39. The van der Waals surface area contributed by atoms with Gasteiger partial charge in [-0.25, -0.2) is 0 Å². The monoisotopic (exact) mass is 200 g/mol. The Morgan fingerprint density at radius 3 is 2.54 bits per heavy atom. The Kier molecular flexibility index (Phi) is 7.02. The minimum Gasteiger partial charge on any atom is -0.454 e. The maximum Gasteiger partial charge on any atom is 0.303 e. The van der Waals surface area contributed by atoms with Crippen LogP contribution in [0.4, 0.5) is 0 Å². The van der Waals surface area contributed by atoms with E-state index in [1.54, 1.807) is 24.3 Å². The molecular weight excluding hydrogens is 188 g/mol. The number of rotatable bonds is 4. The Balaban J connectivity index is 4.16. The highest BCUT2D eigenvalue weighted by atomic mass is 35.5. The summed E-state index contributed by atoms with van der Waals surface area (Å²) in [7, 11) is 0. The van der Waals surface area contributed by atoms with Gasteiger partial charge in [-0.15, -0.1) is 0 Å². The average Bonchev–Trinajstić information content (AvgIpc) is 2.04. The van der Waals surface area contributed by atoms with Crippen LogP contribution >= 0.6 is 11.6 Å². The van der Waals surface area contributed by atoms with E-state index < -0.39 is 0 Å². The Morgan fingerprint density at radius 1 is 1.38 bits per heavy atom. The van der Waals surface area contributed by atoms with Gasteiger partial charge in [0.25, 0.3) is 0 Å². The molecule has 0 fully saturated rings. The van der Waals surface area contributed by atoms with E-state index in [9.17, 15) is 4.79 Å². The number of carbonyl (C=O) groups is 1. The lowest BCUT2D eigenvalue weighted by molar-refractivity contribution is -0.142. The van der Waals surface area contributed by atoms with Crippen LogP contribution in [0.15, 0.2) is 35.9 Å². The molecular formula is C10H13ClO2. The highest BCUT2D eigenvalue weighted by molar-refractivity contribution is 6.25. The summed E-state index contributed by atoms with van der Waals surface area (Å²) in [6, 6.07) is 0. The first-order chi connectivity index (χ1) is 6.20. The molecule has 0 amide bonds. The quantitative estimate of drug-likeness (QED) is 0.396. The van der Waals surface area contributed by atoms with Gasteiger partial charge in [-0.2, -0.15) is 0 Å². The minimum atomic E-state index is -0.310. The van der Waals surface area contributed by atoms with E-state index >= 15 is 0 Å². The van der Waals surface area contributed by atoms with Crippen LogP contribution in [0.3, 0.4) is 0 Å². The molecule has 0 radical (unpaired) electrons. The van der Waals surface area contributed by atoms with Crippen LogP contribution < -0.4 is 0 Å². The van der Waals surface area contributed by atoms with Crippen molar-refractivity contribution in [3.8, 4) is 0 Å². The SMILES string of the molecule is C/C=C/C(/C=C/C=C/Cl)OC(C)=O. The fourth-order valence-electron chi connectivity index (χ4n) is 0.740. The van der Waals surface area contributed by atoms with Crippen LogP contribution in [0.25, 0.3) is 0 Å². The largest absolute Gasteiger partial charge is 0.454 e. The van der Waals surface area contributed by atoms with Crippen molar-refractivity contribution >= 4 is 17.6 Å². The molecule has 0 N–H and O–H groups in total. The van der Waals surface area contributed by atoms with Crippen molar-refractivity contribution in [2.75, 3.05) is 0 Å². The molecule has 0 aromatic heterocycles. The molecule has 3 heteroatoms. The Morgan fingerprint density at radius 2 is 2.08 bits per heavy atom. The van der Waals surface area contributed by atoms with Gasteiger partial charge in [-0.1, -0.05) is 29.8 Å². The van der Waals surface area contributed by atoms with E-state index in [0.29, 0.717) is 0 Å². The first-order valence-corrected chi connectivity index (χ1v) is 4.38. The van der Waals surface area contributed by atoms with E-state index in [4.69, 9.17) is 16.3 Å². The summed E-state index contributed by atoms with van der Waals surface area (Å²) >= 11 is 5.31. The number of halogens is 1. The third-order valence-corrected chi connectivity index (χ3v) is 1.31. The van der Waals surface area contributed by atoms with Gasteiger partial charge in [-0.05, 0) is 19.1 Å². The van der Waals surface area contributed by atoms with Crippen LogP contribution in [0.2, 0.25) is 0 Å². The summed E-state index contributed by atoms with van der Waals surface area (Å²) in [4.78, 5) is 10.6. The van der Waals surface area contributed by atoms with Crippen molar-refractivity contribution in [2.45, 2.75) is 20.0 Å². The average molecular weight is 201 g/mol. The highest BCUT2D eigenvalue weighted by Crippen LogP contribution is 1.98. The number of allylic oxidation sites excluding steroid dienone is 3. The molecule has 0 aromatic rings. The second-order valence-corrected chi connectivity index (χ2v) is 2.56. The number of hydrogen-bond acceptors (Lipinski definition) is 2. The molecule has 0 spiro atoms. The van der Waals surface area contributed by atoms with Gasteiger partial charge in [0.2, 0.25) is 0 Å². The highest BCUT2D eigenvalue weighted by Gasteiger charge is 2.01. The molecule has 0 aliphatic carbocycles. The predicted octanol–water partition coefficient (Wildman–Crippen LogP) is 2.80. The molecule has 0 heterocycles. The summed E-state index contributed by atoms with van der Waals surface area (Å²) in [5.74, 6) is -0.303. The molecule has 0 rings (SSSR count). The molecule has 1 atom stereocenters. The second kappa shape index (κ2) is 7.62. The predicted molar refractivity (Wildman–Crippen MR) is 54.5 cm³/mol. The fourth-order valence-corrected chi connectivity index (χ4v) is 0.824. The zero-order chi connectivity index (χ0) is 10.1. The van der Waals surface area contributed by atoms with E-state index in [0.717, 1.165) is 0 Å². The van der Waals surface area contributed by atoms with Crippen LogP contribution in [0.1, 0.15) is 13.8 Å². The Labute approximate surface area is 83.5 Å². The molecule has 0 aliphatic heterocycles. The van der Waals surface area contributed by atoms with Crippen LogP contribution in [-0.4, -0.2) is 12.1 Å². The van der Waals surface area contributed by atoms with Crippen molar-refractivity contribution < 1.29 is 9.53 Å². The molecule has 0 aliphatic rings. The van der Waals surface area contributed by atoms with Gasteiger partial charge in [-0.3, -0.25) is 4.79 Å². The summed E-state index contributed by atoms with van der Waals surface area (Å²) in [5, 5.41) is 0. The maximum atomic E-state index is 10.6. The van der Waals surface area contributed by atoms with E-state index in [-0.39, 0.29) is 12.1 Å². The molecule has 13 heavy (non-hydrogen) atoms. The Hall–Kier alpha value is -1.02. The number of esters is 1. The number of ether oxygens (including phenoxy) is 1. The molecule has 0 saturated heterocycles. The number of hydrogen-bond donors (Lipinski definition) is 0. The van der Waals surface area contributed by atoms with Crippen molar-refractivity contribution in [1.82, 2.24) is 0 Å². The van der Waals surface area contributed by atoms with E-state index in [1.165, 1.54) is 12.5 Å². The van der Waals surface area contributed by atoms with Gasteiger partial charge >= 0.3 is 5.97 Å². The van der Waals surface area contributed by atoms with Crippen molar-refractivity contribution in [2.24, 2.45) is 0 Å². The molecule has 2 nitrogen and oxygen atoms in total. The third-order valence-electron chi connectivity index (χ3n) is 1.17. The van der Waals surface area contributed by atoms with Gasteiger partial charge in [0.15, 0.2) is 0 Å². The van der Waals surface area contributed by atoms with Gasteiger partial charge in [0.1, 0.15) is 6.10 Å². The van der Waals surface area contributed by atoms with Crippen molar-refractivity contribution in [3.63, 3.8) is 0 Å². The zero-order valence-electron chi connectivity index (χ0n) is 7.74. The molecule has 1 unspecified atom stereocenters. The standard InChI is InChI=1S/C10H13ClO2/c1-3-6-10(13-9(2)12)7-4-5-8-11/h3-8,10H,1-2H3/b6-3+,7-4+,8-5+. The first kappa shape index (κ1) is 12.0. The van der Waals surface area contributed by atoms with Crippen molar-refractivity contribution in [1.29, 1.82) is 0 Å². The normalized spacial score (nSPS) is 14.4. The van der Waals surface area contributed by atoms with E-state index in [1.807, 2.05) is 13.0 Å². The molecule has 72 valence electrons. The first-order valence-electron chi connectivity index (χ1n) is 3.94. The van der Waals surface area contributed by atoms with Crippen molar-refractivity contribution in [3.05, 3.63) is 35.9 Å².